The smallest absolute Gasteiger partial charge is 0.271 e. The normalized spacial score (nSPS) is 13.8. The van der Waals surface area contributed by atoms with Crippen molar-refractivity contribution < 1.29 is 17.7 Å². The summed E-state index contributed by atoms with van der Waals surface area (Å²) in [6.45, 7) is 7.67. The molecule has 0 aliphatic heterocycles. The van der Waals surface area contributed by atoms with Gasteiger partial charge in [-0.3, -0.25) is 4.55 Å². The number of rotatable bonds is 18. The summed E-state index contributed by atoms with van der Waals surface area (Å²) in [6.07, 6.45) is 16.3. The van der Waals surface area contributed by atoms with Gasteiger partial charge in [0.25, 0.3) is 10.1 Å². The van der Waals surface area contributed by atoms with Crippen LogP contribution in [0.4, 0.5) is 0 Å². The van der Waals surface area contributed by atoms with Crippen molar-refractivity contribution in [1.82, 2.24) is 0 Å². The van der Waals surface area contributed by atoms with Crippen LogP contribution >= 0.6 is 0 Å². The number of benzene rings is 1. The lowest BCUT2D eigenvalue weighted by Gasteiger charge is -2.22. The SMILES string of the molecule is CCCCCCCCc1ccc(CCCCCCCC)c(OC(C)C(C)S(=O)(=O)O)c1. The van der Waals surface area contributed by atoms with Gasteiger partial charge in [-0.2, -0.15) is 8.42 Å². The summed E-state index contributed by atoms with van der Waals surface area (Å²) >= 11 is 0. The second-order valence-corrected chi connectivity index (χ2v) is 10.8. The Hall–Kier alpha value is -1.07. The van der Waals surface area contributed by atoms with Gasteiger partial charge in [-0.25, -0.2) is 0 Å². The van der Waals surface area contributed by atoms with Crippen LogP contribution in [-0.2, 0) is 23.0 Å². The Balaban J connectivity index is 2.75. The van der Waals surface area contributed by atoms with Gasteiger partial charge in [-0.15, -0.1) is 0 Å². The van der Waals surface area contributed by atoms with Gasteiger partial charge in [-0.05, 0) is 56.7 Å². The molecule has 0 aliphatic rings. The van der Waals surface area contributed by atoms with Crippen LogP contribution in [0, 0.1) is 0 Å². The van der Waals surface area contributed by atoms with Crippen molar-refractivity contribution in [1.29, 1.82) is 0 Å². The zero-order valence-electron chi connectivity index (χ0n) is 20.4. The average molecular weight is 455 g/mol. The molecule has 0 amide bonds. The lowest BCUT2D eigenvalue weighted by Crippen LogP contribution is -2.33. The van der Waals surface area contributed by atoms with E-state index in [4.69, 9.17) is 4.74 Å². The first kappa shape index (κ1) is 28.0. The van der Waals surface area contributed by atoms with E-state index in [0.717, 1.165) is 37.0 Å². The summed E-state index contributed by atoms with van der Waals surface area (Å²) in [7, 11) is -4.13. The summed E-state index contributed by atoms with van der Waals surface area (Å²) in [4.78, 5) is 0. The van der Waals surface area contributed by atoms with Gasteiger partial charge in [0.05, 0.1) is 0 Å². The van der Waals surface area contributed by atoms with Gasteiger partial charge in [0.1, 0.15) is 17.1 Å². The van der Waals surface area contributed by atoms with Crippen LogP contribution in [0.15, 0.2) is 18.2 Å². The number of ether oxygens (including phenoxy) is 1. The van der Waals surface area contributed by atoms with E-state index < -0.39 is 21.5 Å². The Kier molecular flexibility index (Phi) is 14.1. The highest BCUT2D eigenvalue weighted by Crippen LogP contribution is 2.26. The first-order chi connectivity index (χ1) is 14.8. The Labute approximate surface area is 191 Å². The fraction of sp³-hybridized carbons (Fsp3) is 0.769. The third kappa shape index (κ3) is 11.9. The average Bonchev–Trinajstić information content (AvgIpc) is 2.73. The molecule has 0 aromatic heterocycles. The van der Waals surface area contributed by atoms with Crippen LogP contribution in [0.3, 0.4) is 0 Å². The predicted octanol–water partition coefficient (Wildman–Crippen LogP) is 7.54. The quantitative estimate of drug-likeness (QED) is 0.184. The second-order valence-electron chi connectivity index (χ2n) is 9.02. The van der Waals surface area contributed by atoms with Crippen molar-refractivity contribution in [3.63, 3.8) is 0 Å². The standard InChI is InChI=1S/C26H46O4S/c1-5-7-9-11-13-15-17-24-19-20-25(18-16-14-12-10-8-6-2)26(21-24)30-22(3)23(4)31(27,28)29/h19-23H,5-18H2,1-4H3,(H,27,28,29). The molecule has 0 radical (unpaired) electrons. The molecule has 0 bridgehead atoms. The summed E-state index contributed by atoms with van der Waals surface area (Å²) in [5.41, 5.74) is 2.38. The molecule has 2 unspecified atom stereocenters. The molecule has 1 rings (SSSR count). The first-order valence-corrected chi connectivity index (χ1v) is 14.0. The highest BCUT2D eigenvalue weighted by atomic mass is 32.2. The van der Waals surface area contributed by atoms with E-state index in [2.05, 4.69) is 32.0 Å². The maximum absolute atomic E-state index is 11.5. The number of hydrogen-bond acceptors (Lipinski definition) is 3. The largest absolute Gasteiger partial charge is 0.489 e. The van der Waals surface area contributed by atoms with Crippen molar-refractivity contribution in [2.24, 2.45) is 0 Å². The molecule has 0 saturated heterocycles. The fourth-order valence-electron chi connectivity index (χ4n) is 3.81. The van der Waals surface area contributed by atoms with E-state index in [-0.39, 0.29) is 0 Å². The van der Waals surface area contributed by atoms with Crippen LogP contribution < -0.4 is 4.74 Å². The number of aryl methyl sites for hydroxylation is 2. The Morgan fingerprint density at radius 1 is 0.806 bits per heavy atom. The fourth-order valence-corrected chi connectivity index (χ4v) is 4.35. The summed E-state index contributed by atoms with van der Waals surface area (Å²) < 4.78 is 38.6. The second kappa shape index (κ2) is 15.7. The zero-order valence-corrected chi connectivity index (χ0v) is 21.2. The van der Waals surface area contributed by atoms with Crippen LogP contribution in [0.25, 0.3) is 0 Å². The summed E-state index contributed by atoms with van der Waals surface area (Å²) in [6, 6.07) is 6.44. The monoisotopic (exact) mass is 454 g/mol. The molecular weight excluding hydrogens is 408 g/mol. The van der Waals surface area contributed by atoms with Crippen molar-refractivity contribution in [2.75, 3.05) is 0 Å². The summed E-state index contributed by atoms with van der Waals surface area (Å²) in [5.74, 6) is 0.778. The van der Waals surface area contributed by atoms with Gasteiger partial charge >= 0.3 is 0 Å². The van der Waals surface area contributed by atoms with Crippen molar-refractivity contribution in [2.45, 2.75) is 129 Å². The molecule has 0 spiro atoms. The van der Waals surface area contributed by atoms with Gasteiger partial charge in [0.15, 0.2) is 0 Å². The third-order valence-corrected chi connectivity index (χ3v) is 7.52. The van der Waals surface area contributed by atoms with E-state index in [1.54, 1.807) is 6.92 Å². The summed E-state index contributed by atoms with van der Waals surface area (Å²) in [5, 5.41) is -0.961. The van der Waals surface area contributed by atoms with E-state index in [0.29, 0.717) is 0 Å². The van der Waals surface area contributed by atoms with Gasteiger partial charge in [0, 0.05) is 0 Å². The molecule has 5 heteroatoms. The van der Waals surface area contributed by atoms with E-state index >= 15 is 0 Å². The van der Waals surface area contributed by atoms with Crippen molar-refractivity contribution >= 4 is 10.1 Å². The molecule has 0 aliphatic carbocycles. The van der Waals surface area contributed by atoms with Gasteiger partial charge in [-0.1, -0.05) is 90.2 Å². The molecule has 31 heavy (non-hydrogen) atoms. The number of unbranched alkanes of at least 4 members (excludes halogenated alkanes) is 10. The molecule has 0 heterocycles. The molecule has 180 valence electrons. The third-order valence-electron chi connectivity index (χ3n) is 6.19. The van der Waals surface area contributed by atoms with Crippen LogP contribution in [0.5, 0.6) is 5.75 Å². The maximum atomic E-state index is 11.5. The molecular formula is C26H46O4S. The Morgan fingerprint density at radius 3 is 1.87 bits per heavy atom. The lowest BCUT2D eigenvalue weighted by molar-refractivity contribution is 0.212. The Morgan fingerprint density at radius 2 is 1.32 bits per heavy atom. The molecule has 2 atom stereocenters. The molecule has 1 aromatic rings. The van der Waals surface area contributed by atoms with Gasteiger partial charge < -0.3 is 4.74 Å². The number of hydrogen-bond donors (Lipinski definition) is 1. The molecule has 1 N–H and O–H groups in total. The minimum absolute atomic E-state index is 0.609. The van der Waals surface area contributed by atoms with Crippen molar-refractivity contribution in [3.8, 4) is 5.75 Å². The van der Waals surface area contributed by atoms with E-state index in [9.17, 15) is 13.0 Å². The molecule has 0 saturated carbocycles. The topological polar surface area (TPSA) is 63.6 Å². The predicted molar refractivity (Wildman–Crippen MR) is 132 cm³/mol. The minimum atomic E-state index is -4.13. The molecule has 0 fully saturated rings. The highest BCUT2D eigenvalue weighted by Gasteiger charge is 2.26. The van der Waals surface area contributed by atoms with E-state index in [1.165, 1.54) is 76.7 Å². The van der Waals surface area contributed by atoms with Crippen LogP contribution in [-0.4, -0.2) is 24.3 Å². The lowest BCUT2D eigenvalue weighted by atomic mass is 10.00. The van der Waals surface area contributed by atoms with Gasteiger partial charge in [0.2, 0.25) is 0 Å². The molecule has 4 nitrogen and oxygen atoms in total. The van der Waals surface area contributed by atoms with Crippen molar-refractivity contribution in [3.05, 3.63) is 29.3 Å². The maximum Gasteiger partial charge on any atom is 0.271 e. The van der Waals surface area contributed by atoms with E-state index in [1.807, 2.05) is 0 Å². The first-order valence-electron chi connectivity index (χ1n) is 12.5. The minimum Gasteiger partial charge on any atom is -0.489 e. The zero-order chi connectivity index (χ0) is 23.1. The van der Waals surface area contributed by atoms with Crippen LogP contribution in [0.2, 0.25) is 0 Å². The molecule has 1 aromatic carbocycles. The van der Waals surface area contributed by atoms with Crippen LogP contribution in [0.1, 0.15) is 116 Å². The highest BCUT2D eigenvalue weighted by molar-refractivity contribution is 7.86. The Bertz CT molecular complexity index is 699.